The van der Waals surface area contributed by atoms with Crippen molar-refractivity contribution in [2.24, 2.45) is 0 Å². The lowest BCUT2D eigenvalue weighted by molar-refractivity contribution is 0.0785. The molecule has 0 N–H and O–H groups in total. The van der Waals surface area contributed by atoms with Crippen molar-refractivity contribution in [2.45, 2.75) is 31.2 Å². The first-order valence-electron chi connectivity index (χ1n) is 10.4. The standard InChI is InChI=1S/C25H26N2O3S/c1-3-19-11-13-20(14-12-19)18-26(2)25(28)22-8-6-9-23(17-22)31(29,30)27-16-15-21-7-4-5-10-24(21)27/h4-14,17H,3,15-16,18H2,1-2H3. The van der Waals surface area contributed by atoms with Crippen LogP contribution in [0, 0.1) is 0 Å². The maximum absolute atomic E-state index is 13.3. The molecule has 5 nitrogen and oxygen atoms in total. The molecule has 4 rings (SSSR count). The number of amides is 1. The zero-order valence-electron chi connectivity index (χ0n) is 17.8. The van der Waals surface area contributed by atoms with Gasteiger partial charge in [0.2, 0.25) is 0 Å². The van der Waals surface area contributed by atoms with Crippen LogP contribution in [-0.2, 0) is 29.4 Å². The average molecular weight is 435 g/mol. The number of fused-ring (bicyclic) bond motifs is 1. The van der Waals surface area contributed by atoms with E-state index in [1.165, 1.54) is 15.9 Å². The maximum atomic E-state index is 13.3. The number of hydrogen-bond donors (Lipinski definition) is 0. The van der Waals surface area contributed by atoms with Crippen LogP contribution in [0.4, 0.5) is 5.69 Å². The number of aryl methyl sites for hydroxylation is 1. The van der Waals surface area contributed by atoms with E-state index in [4.69, 9.17) is 0 Å². The van der Waals surface area contributed by atoms with Gasteiger partial charge in [-0.1, -0.05) is 55.5 Å². The highest BCUT2D eigenvalue weighted by Crippen LogP contribution is 2.32. The van der Waals surface area contributed by atoms with Gasteiger partial charge in [-0.05, 0) is 53.8 Å². The molecule has 3 aromatic rings. The quantitative estimate of drug-likeness (QED) is 0.582. The summed E-state index contributed by atoms with van der Waals surface area (Å²) in [5.41, 5.74) is 4.38. The largest absolute Gasteiger partial charge is 0.337 e. The Morgan fingerprint density at radius 3 is 2.42 bits per heavy atom. The number of anilines is 1. The minimum atomic E-state index is -3.74. The summed E-state index contributed by atoms with van der Waals surface area (Å²) < 4.78 is 28.0. The summed E-state index contributed by atoms with van der Waals surface area (Å²) in [6, 6.07) is 22.0. The van der Waals surface area contributed by atoms with Crippen molar-refractivity contribution in [1.29, 1.82) is 0 Å². The van der Waals surface area contributed by atoms with Gasteiger partial charge in [-0.2, -0.15) is 0 Å². The summed E-state index contributed by atoms with van der Waals surface area (Å²) in [4.78, 5) is 14.7. The topological polar surface area (TPSA) is 57.7 Å². The normalized spacial score (nSPS) is 13.2. The molecule has 1 aliphatic heterocycles. The minimum Gasteiger partial charge on any atom is -0.337 e. The van der Waals surface area contributed by atoms with E-state index in [0.29, 0.717) is 30.8 Å². The summed E-state index contributed by atoms with van der Waals surface area (Å²) in [5, 5.41) is 0. The van der Waals surface area contributed by atoms with Gasteiger partial charge < -0.3 is 4.90 Å². The molecule has 0 aliphatic carbocycles. The molecule has 31 heavy (non-hydrogen) atoms. The molecule has 3 aromatic carbocycles. The molecule has 0 saturated heterocycles. The molecule has 0 radical (unpaired) electrons. The molecule has 0 aromatic heterocycles. The highest BCUT2D eigenvalue weighted by Gasteiger charge is 2.31. The van der Waals surface area contributed by atoms with E-state index in [2.05, 4.69) is 19.1 Å². The van der Waals surface area contributed by atoms with E-state index in [9.17, 15) is 13.2 Å². The molecule has 0 fully saturated rings. The van der Waals surface area contributed by atoms with Gasteiger partial charge >= 0.3 is 0 Å². The minimum absolute atomic E-state index is 0.135. The summed E-state index contributed by atoms with van der Waals surface area (Å²) in [5.74, 6) is -0.210. The van der Waals surface area contributed by atoms with Crippen LogP contribution in [0.15, 0.2) is 77.7 Å². The number of rotatable bonds is 6. The molecule has 0 bridgehead atoms. The van der Waals surface area contributed by atoms with Gasteiger partial charge in [0.05, 0.1) is 10.6 Å². The number of carbonyl (C=O) groups is 1. The number of carbonyl (C=O) groups excluding carboxylic acids is 1. The third kappa shape index (κ3) is 4.21. The molecule has 0 unspecified atom stereocenters. The summed E-state index contributed by atoms with van der Waals surface area (Å²) >= 11 is 0. The molecule has 1 aliphatic rings. The summed E-state index contributed by atoms with van der Waals surface area (Å²) in [6.07, 6.45) is 1.66. The van der Waals surface area contributed by atoms with Gasteiger partial charge in [-0.3, -0.25) is 9.10 Å². The molecular formula is C25H26N2O3S. The highest BCUT2D eigenvalue weighted by molar-refractivity contribution is 7.92. The Balaban J connectivity index is 1.55. The molecule has 1 amide bonds. The van der Waals surface area contributed by atoms with Gasteiger partial charge in [-0.25, -0.2) is 8.42 Å². The molecule has 0 atom stereocenters. The van der Waals surface area contributed by atoms with Crippen molar-refractivity contribution < 1.29 is 13.2 Å². The smallest absolute Gasteiger partial charge is 0.264 e. The number of nitrogens with zero attached hydrogens (tertiary/aromatic N) is 2. The second kappa shape index (κ2) is 8.55. The Kier molecular flexibility index (Phi) is 5.83. The Labute approximate surface area is 184 Å². The van der Waals surface area contributed by atoms with E-state index < -0.39 is 10.0 Å². The zero-order valence-corrected chi connectivity index (χ0v) is 18.6. The van der Waals surface area contributed by atoms with Crippen LogP contribution in [0.3, 0.4) is 0 Å². The lowest BCUT2D eigenvalue weighted by atomic mass is 10.1. The van der Waals surface area contributed by atoms with Crippen molar-refractivity contribution >= 4 is 21.6 Å². The zero-order chi connectivity index (χ0) is 22.0. The molecule has 6 heteroatoms. The van der Waals surface area contributed by atoms with E-state index in [0.717, 1.165) is 17.5 Å². The van der Waals surface area contributed by atoms with Crippen molar-refractivity contribution in [1.82, 2.24) is 4.90 Å². The first kappa shape index (κ1) is 21.1. The van der Waals surface area contributed by atoms with Crippen molar-refractivity contribution in [2.75, 3.05) is 17.9 Å². The molecule has 160 valence electrons. The van der Waals surface area contributed by atoms with E-state index >= 15 is 0 Å². The van der Waals surface area contributed by atoms with Gasteiger partial charge in [-0.15, -0.1) is 0 Å². The lowest BCUT2D eigenvalue weighted by Gasteiger charge is -2.21. The van der Waals surface area contributed by atoms with Crippen molar-refractivity contribution in [3.05, 3.63) is 95.1 Å². The predicted molar refractivity (Wildman–Crippen MR) is 123 cm³/mol. The number of hydrogen-bond acceptors (Lipinski definition) is 3. The third-order valence-electron chi connectivity index (χ3n) is 5.71. The van der Waals surface area contributed by atoms with Crippen LogP contribution in [0.1, 0.15) is 34.0 Å². The number of para-hydroxylation sites is 1. The number of benzene rings is 3. The van der Waals surface area contributed by atoms with Crippen LogP contribution < -0.4 is 4.31 Å². The Morgan fingerprint density at radius 2 is 1.68 bits per heavy atom. The van der Waals surface area contributed by atoms with Crippen LogP contribution in [0.5, 0.6) is 0 Å². The average Bonchev–Trinajstić information content (AvgIpc) is 3.24. The van der Waals surface area contributed by atoms with E-state index in [1.54, 1.807) is 30.1 Å². The lowest BCUT2D eigenvalue weighted by Crippen LogP contribution is -2.30. The van der Waals surface area contributed by atoms with Crippen molar-refractivity contribution in [3.8, 4) is 0 Å². The van der Waals surface area contributed by atoms with Crippen LogP contribution in [0.25, 0.3) is 0 Å². The first-order chi connectivity index (χ1) is 14.9. The molecule has 0 saturated carbocycles. The van der Waals surface area contributed by atoms with E-state index in [1.807, 2.05) is 36.4 Å². The second-order valence-electron chi connectivity index (χ2n) is 7.81. The van der Waals surface area contributed by atoms with Crippen molar-refractivity contribution in [3.63, 3.8) is 0 Å². The monoisotopic (exact) mass is 434 g/mol. The molecular weight excluding hydrogens is 408 g/mol. The third-order valence-corrected chi connectivity index (χ3v) is 7.52. The first-order valence-corrected chi connectivity index (χ1v) is 11.9. The second-order valence-corrected chi connectivity index (χ2v) is 9.68. The van der Waals surface area contributed by atoms with Crippen LogP contribution in [-0.4, -0.2) is 32.8 Å². The summed E-state index contributed by atoms with van der Waals surface area (Å²) in [7, 11) is -2.01. The van der Waals surface area contributed by atoms with Gasteiger partial charge in [0, 0.05) is 25.7 Å². The van der Waals surface area contributed by atoms with Gasteiger partial charge in [0.1, 0.15) is 0 Å². The Bertz CT molecular complexity index is 1200. The highest BCUT2D eigenvalue weighted by atomic mass is 32.2. The molecule has 0 spiro atoms. The number of sulfonamides is 1. The fourth-order valence-corrected chi connectivity index (χ4v) is 5.47. The fraction of sp³-hybridized carbons (Fsp3) is 0.240. The predicted octanol–water partition coefficient (Wildman–Crippen LogP) is 4.27. The van der Waals surface area contributed by atoms with Crippen LogP contribution in [0.2, 0.25) is 0 Å². The maximum Gasteiger partial charge on any atom is 0.264 e. The SMILES string of the molecule is CCc1ccc(CN(C)C(=O)c2cccc(S(=O)(=O)N3CCc4ccccc43)c2)cc1. The Morgan fingerprint density at radius 1 is 0.968 bits per heavy atom. The fourth-order valence-electron chi connectivity index (χ4n) is 3.92. The van der Waals surface area contributed by atoms with Gasteiger partial charge in [0.15, 0.2) is 0 Å². The summed E-state index contributed by atoms with van der Waals surface area (Å²) in [6.45, 7) is 2.97. The van der Waals surface area contributed by atoms with Crippen LogP contribution >= 0.6 is 0 Å². The molecule has 1 heterocycles. The Hall–Kier alpha value is -3.12. The van der Waals surface area contributed by atoms with Gasteiger partial charge in [0.25, 0.3) is 15.9 Å². The van der Waals surface area contributed by atoms with E-state index in [-0.39, 0.29) is 10.8 Å².